The Morgan fingerprint density at radius 2 is 1.39 bits per heavy atom. The number of allylic oxidation sites excluding steroid dienone is 6. The summed E-state index contributed by atoms with van der Waals surface area (Å²) >= 11 is 0. The smallest absolute Gasteiger partial charge is 0.251 e. The highest BCUT2D eigenvalue weighted by Gasteiger charge is 2.46. The molecule has 3 aliphatic rings. The number of nitrogens with one attached hydrogen (secondary N) is 1. The Bertz CT molecular complexity index is 3280. The van der Waals surface area contributed by atoms with Crippen LogP contribution in [0.5, 0.6) is 5.75 Å². The topological polar surface area (TPSA) is 152 Å². The number of hydrogen-bond acceptors (Lipinski definition) is 9. The number of aliphatic hydroxyl groups excluding tert-OH is 4. The first-order valence-electron chi connectivity index (χ1n) is 28.1. The lowest BCUT2D eigenvalue weighted by Crippen LogP contribution is -3.00. The monoisotopic (exact) mass is 1090 g/mol. The molecule has 0 aliphatic carbocycles. The third-order valence-electron chi connectivity index (χ3n) is 16.5. The standard InChI is InChI=1S/C67H77N3O8.ClH/c1-44-41-48(35-38-56(44)77-65-63(75)62(74)61(73)57(43-71)78-65)47-25-22-26-49(42-47)64(76)68-39-20-9-7-8-12-27-50(72)28-13-11-21-40-70-58(66(2,3)54-37-34-46-24-17-19-30-52(46)60(54)70)32-15-10-14-31-55-53-36-33-45-23-16-18-29-51(45)59(53)67(4,5)69(55)6;/h10,14-19,22-26,29-38,41-42,57,61-63,65,71,73-75H,7-9,11-13,20-21,27-28,39-40,43H2,1-6H3;1H. The molecule has 0 bridgehead atoms. The number of benzene rings is 6. The van der Waals surface area contributed by atoms with Gasteiger partial charge in [0.1, 0.15) is 43.0 Å². The van der Waals surface area contributed by atoms with E-state index in [1.807, 2.05) is 37.3 Å². The number of aryl methyl sites for hydroxylation is 1. The fraction of sp³-hybridized carbons (Fsp3) is 0.388. The summed E-state index contributed by atoms with van der Waals surface area (Å²) in [4.78, 5) is 28.7. The van der Waals surface area contributed by atoms with Crippen LogP contribution in [0, 0.1) is 6.92 Å². The molecule has 6 aromatic rings. The van der Waals surface area contributed by atoms with Gasteiger partial charge in [0.05, 0.1) is 17.9 Å². The van der Waals surface area contributed by atoms with E-state index in [9.17, 15) is 30.0 Å². The van der Waals surface area contributed by atoms with Crippen LogP contribution in [0.25, 0.3) is 32.7 Å². The molecule has 3 aliphatic heterocycles. The van der Waals surface area contributed by atoms with Crippen molar-refractivity contribution in [1.29, 1.82) is 0 Å². The second kappa shape index (κ2) is 25.8. The number of ether oxygens (including phenoxy) is 2. The molecule has 9 rings (SSSR count). The average molecular weight is 1090 g/mol. The first-order valence-corrected chi connectivity index (χ1v) is 28.1. The molecule has 11 nitrogen and oxygen atoms in total. The van der Waals surface area contributed by atoms with Crippen molar-refractivity contribution in [3.05, 3.63) is 179 Å². The lowest BCUT2D eigenvalue weighted by atomic mass is 9.83. The molecule has 6 aromatic carbocycles. The van der Waals surface area contributed by atoms with Gasteiger partial charge < -0.3 is 52.5 Å². The first-order chi connectivity index (χ1) is 37.6. The van der Waals surface area contributed by atoms with Gasteiger partial charge in [-0.15, -0.1) is 0 Å². The van der Waals surface area contributed by atoms with E-state index in [1.54, 1.807) is 12.1 Å². The minimum absolute atomic E-state index is 0. The Labute approximate surface area is 472 Å². The van der Waals surface area contributed by atoms with E-state index in [4.69, 9.17) is 9.47 Å². The van der Waals surface area contributed by atoms with Crippen LogP contribution in [0.4, 0.5) is 5.69 Å². The van der Waals surface area contributed by atoms with Crippen molar-refractivity contribution in [3.63, 3.8) is 0 Å². The summed E-state index contributed by atoms with van der Waals surface area (Å²) in [5, 5.41) is 48.4. The number of unbranched alkanes of at least 4 members (excludes halogenated alkanes) is 6. The van der Waals surface area contributed by atoms with Crippen molar-refractivity contribution in [3.8, 4) is 16.9 Å². The summed E-state index contributed by atoms with van der Waals surface area (Å²) in [5.74, 6) is 0.605. The zero-order valence-electron chi connectivity index (χ0n) is 46.6. The van der Waals surface area contributed by atoms with Gasteiger partial charge in [0.15, 0.2) is 5.54 Å². The van der Waals surface area contributed by atoms with E-state index in [-0.39, 0.29) is 29.3 Å². The molecule has 0 saturated carbocycles. The first kappa shape index (κ1) is 58.7. The van der Waals surface area contributed by atoms with Crippen LogP contribution in [0.15, 0.2) is 151 Å². The maximum atomic E-state index is 13.1. The summed E-state index contributed by atoms with van der Waals surface area (Å²) in [5.41, 5.74) is 10.5. The van der Waals surface area contributed by atoms with Crippen LogP contribution in [0.3, 0.4) is 0 Å². The Kier molecular flexibility index (Phi) is 19.2. The van der Waals surface area contributed by atoms with Gasteiger partial charge in [0.25, 0.3) is 5.91 Å². The number of amides is 1. The molecule has 5 unspecified atom stereocenters. The number of carbonyl (C=O) groups excluding carboxylic acids is 2. The SMILES string of the molecule is Cc1cc(-c2cccc(C(=O)NCCCCCCCC(=O)CCCCCN3C(=CC=CC=CC4=[N+](C)C(C)(C)c5c4ccc4ccccc54)C(C)(C)c4ccc5ccccc5c43)c2)ccc1OC1OC(CO)C(O)C(O)C1O.[Cl-]. The van der Waals surface area contributed by atoms with Gasteiger partial charge in [-0.3, -0.25) is 9.59 Å². The molecule has 79 heavy (non-hydrogen) atoms. The second-order valence-electron chi connectivity index (χ2n) is 22.5. The van der Waals surface area contributed by atoms with Crippen molar-refractivity contribution in [2.45, 2.75) is 140 Å². The number of fused-ring (bicyclic) bond motifs is 6. The van der Waals surface area contributed by atoms with Gasteiger partial charge in [-0.05, 0) is 107 Å². The molecular weight excluding hydrogens is 1010 g/mol. The number of carbonyl (C=O) groups is 2. The van der Waals surface area contributed by atoms with Crippen LogP contribution >= 0.6 is 0 Å². The highest BCUT2D eigenvalue weighted by Crippen LogP contribution is 2.51. The van der Waals surface area contributed by atoms with Crippen LogP contribution in [0.1, 0.15) is 125 Å². The van der Waals surface area contributed by atoms with Crippen LogP contribution < -0.4 is 27.4 Å². The molecule has 5 atom stereocenters. The van der Waals surface area contributed by atoms with E-state index in [1.165, 1.54) is 55.3 Å². The van der Waals surface area contributed by atoms with E-state index in [0.717, 1.165) is 74.6 Å². The van der Waals surface area contributed by atoms with Crippen LogP contribution in [0.2, 0.25) is 0 Å². The lowest BCUT2D eigenvalue weighted by molar-refractivity contribution is -0.577. The summed E-state index contributed by atoms with van der Waals surface area (Å²) < 4.78 is 13.8. The summed E-state index contributed by atoms with van der Waals surface area (Å²) in [6.07, 6.45) is 13.0. The molecule has 1 saturated heterocycles. The van der Waals surface area contributed by atoms with E-state index in [2.05, 4.69) is 153 Å². The normalized spacial score (nSPS) is 20.8. The number of aliphatic hydroxyl groups is 4. The van der Waals surface area contributed by atoms with Crippen LogP contribution in [-0.4, -0.2) is 99.9 Å². The fourth-order valence-corrected chi connectivity index (χ4v) is 11.8. The maximum Gasteiger partial charge on any atom is 0.251 e. The molecule has 0 radical (unpaired) electrons. The van der Waals surface area contributed by atoms with Crippen molar-refractivity contribution in [1.82, 2.24) is 5.32 Å². The third kappa shape index (κ3) is 12.6. The highest BCUT2D eigenvalue weighted by atomic mass is 35.5. The zero-order chi connectivity index (χ0) is 55.1. The third-order valence-corrected chi connectivity index (χ3v) is 16.5. The van der Waals surface area contributed by atoms with E-state index >= 15 is 0 Å². The van der Waals surface area contributed by atoms with Gasteiger partial charge in [-0.25, -0.2) is 4.58 Å². The summed E-state index contributed by atoms with van der Waals surface area (Å²) in [7, 11) is 2.20. The number of Topliss-reactive ketones (excluding diaryl/α,β-unsaturated/α-hetero) is 1. The molecule has 0 spiro atoms. The molecule has 3 heterocycles. The van der Waals surface area contributed by atoms with Gasteiger partial charge in [-0.1, -0.05) is 143 Å². The Hall–Kier alpha value is -6.44. The Morgan fingerprint density at radius 3 is 2.14 bits per heavy atom. The van der Waals surface area contributed by atoms with Gasteiger partial charge in [0.2, 0.25) is 12.0 Å². The Balaban J connectivity index is 0.00000822. The van der Waals surface area contributed by atoms with Crippen molar-refractivity contribution in [2.75, 3.05) is 31.6 Å². The van der Waals surface area contributed by atoms with Gasteiger partial charge >= 0.3 is 0 Å². The minimum Gasteiger partial charge on any atom is -1.00 e. The molecule has 1 fully saturated rings. The number of ketones is 1. The predicted octanol–water partition coefficient (Wildman–Crippen LogP) is 8.53. The van der Waals surface area contributed by atoms with Crippen molar-refractivity contribution >= 4 is 44.6 Å². The quantitative estimate of drug-likeness (QED) is 0.0256. The molecule has 416 valence electrons. The lowest BCUT2D eigenvalue weighted by Gasteiger charge is -2.39. The minimum atomic E-state index is -1.53. The number of anilines is 1. The zero-order valence-corrected chi connectivity index (χ0v) is 47.4. The van der Waals surface area contributed by atoms with E-state index < -0.39 is 37.3 Å². The maximum absolute atomic E-state index is 13.1. The predicted molar refractivity (Wildman–Crippen MR) is 312 cm³/mol. The fourth-order valence-electron chi connectivity index (χ4n) is 11.8. The van der Waals surface area contributed by atoms with Gasteiger partial charge in [0, 0.05) is 73.5 Å². The summed E-state index contributed by atoms with van der Waals surface area (Å²) in [6.45, 7) is 12.0. The second-order valence-corrected chi connectivity index (χ2v) is 22.5. The van der Waals surface area contributed by atoms with Crippen molar-refractivity contribution in [2.24, 2.45) is 0 Å². The van der Waals surface area contributed by atoms with Crippen LogP contribution in [-0.2, 0) is 20.5 Å². The largest absolute Gasteiger partial charge is 1.00 e. The van der Waals surface area contributed by atoms with E-state index in [0.29, 0.717) is 36.5 Å². The number of rotatable bonds is 22. The molecule has 1 amide bonds. The molecule has 12 heteroatoms. The highest BCUT2D eigenvalue weighted by molar-refractivity contribution is 6.11. The van der Waals surface area contributed by atoms with Gasteiger partial charge in [-0.2, -0.15) is 0 Å². The van der Waals surface area contributed by atoms with Crippen molar-refractivity contribution < 1.29 is 56.5 Å². The number of hydrogen-bond donors (Lipinski definition) is 5. The molecule has 0 aromatic heterocycles. The summed E-state index contributed by atoms with van der Waals surface area (Å²) in [6, 6.07) is 39.3. The molecule has 5 N–H and O–H groups in total. The Morgan fingerprint density at radius 1 is 0.722 bits per heavy atom. The average Bonchev–Trinajstić information content (AvgIpc) is 3.80. The molecular formula is C67H78ClN3O8. The number of halogens is 1. The number of nitrogens with zero attached hydrogens (tertiary/aromatic N) is 2.